The van der Waals surface area contributed by atoms with Crippen molar-refractivity contribution >= 4 is 17.8 Å². The molecule has 1 N–H and O–H groups in total. The van der Waals surface area contributed by atoms with Crippen LogP contribution in [0.4, 0.5) is 15.3 Å². The molecule has 7 nitrogen and oxygen atoms in total. The summed E-state index contributed by atoms with van der Waals surface area (Å²) in [5.41, 5.74) is 2.66. The molecule has 0 atom stereocenters. The van der Waals surface area contributed by atoms with Crippen molar-refractivity contribution in [2.75, 3.05) is 32.1 Å². The zero-order valence-electron chi connectivity index (χ0n) is 14.7. The van der Waals surface area contributed by atoms with Crippen LogP contribution in [0, 0.1) is 0 Å². The Morgan fingerprint density at radius 1 is 1.27 bits per heavy atom. The summed E-state index contributed by atoms with van der Waals surface area (Å²) < 4.78 is 4.92. The third-order valence-electron chi connectivity index (χ3n) is 4.20. The lowest BCUT2D eigenvalue weighted by atomic mass is 10.2. The van der Waals surface area contributed by atoms with Crippen LogP contribution in [-0.2, 0) is 17.7 Å². The Morgan fingerprint density at radius 2 is 2.08 bits per heavy atom. The first-order chi connectivity index (χ1) is 12.6. The molecule has 2 aromatic rings. The molecule has 1 aliphatic rings. The molecule has 1 aromatic heterocycles. The van der Waals surface area contributed by atoms with Gasteiger partial charge in [-0.3, -0.25) is 4.98 Å². The maximum atomic E-state index is 12.3. The number of urea groups is 1. The number of nitrogens with one attached hydrogen (secondary N) is 1. The molecular weight excluding hydrogens is 332 g/mol. The molecule has 0 bridgehead atoms. The van der Waals surface area contributed by atoms with Gasteiger partial charge in [-0.25, -0.2) is 9.59 Å². The van der Waals surface area contributed by atoms with Gasteiger partial charge in [-0.2, -0.15) is 0 Å². The summed E-state index contributed by atoms with van der Waals surface area (Å²) in [4.78, 5) is 31.3. The molecule has 26 heavy (non-hydrogen) atoms. The number of nitrogens with zero attached hydrogens (tertiary/aromatic N) is 3. The fourth-order valence-corrected chi connectivity index (χ4v) is 2.63. The third-order valence-corrected chi connectivity index (χ3v) is 4.20. The predicted molar refractivity (Wildman–Crippen MR) is 97.8 cm³/mol. The molecular formula is C19H22N4O3. The second-order valence-corrected chi connectivity index (χ2v) is 6.16. The quantitative estimate of drug-likeness (QED) is 0.865. The molecule has 3 rings (SSSR count). The van der Waals surface area contributed by atoms with Gasteiger partial charge in [0.1, 0.15) is 6.61 Å². The fourth-order valence-electron chi connectivity index (χ4n) is 2.63. The first-order valence-corrected chi connectivity index (χ1v) is 8.54. The number of benzene rings is 1. The van der Waals surface area contributed by atoms with Crippen LogP contribution in [0.5, 0.6) is 0 Å². The Kier molecular flexibility index (Phi) is 5.68. The van der Waals surface area contributed by atoms with E-state index in [0.29, 0.717) is 38.3 Å². The van der Waals surface area contributed by atoms with Crippen LogP contribution >= 0.6 is 0 Å². The standard InChI is InChI=1S/C19H22N4O3/c1-22(11-9-16-4-2-3-10-20-16)18(24)21-17-7-5-15(6-8-17)14-23-12-13-26-19(23)25/h2-8,10H,9,11-14H2,1H3,(H,21,24). The first-order valence-electron chi connectivity index (χ1n) is 8.54. The molecule has 3 amide bonds. The van der Waals surface area contributed by atoms with E-state index >= 15 is 0 Å². The lowest BCUT2D eigenvalue weighted by Crippen LogP contribution is -2.33. The van der Waals surface area contributed by atoms with Gasteiger partial charge >= 0.3 is 12.1 Å². The van der Waals surface area contributed by atoms with E-state index in [0.717, 1.165) is 11.3 Å². The molecule has 1 fully saturated rings. The minimum absolute atomic E-state index is 0.170. The minimum atomic E-state index is -0.281. The lowest BCUT2D eigenvalue weighted by Gasteiger charge is -2.18. The monoisotopic (exact) mass is 354 g/mol. The average Bonchev–Trinajstić information content (AvgIpc) is 3.06. The lowest BCUT2D eigenvalue weighted by molar-refractivity contribution is 0.157. The highest BCUT2D eigenvalue weighted by molar-refractivity contribution is 5.89. The highest BCUT2D eigenvalue weighted by Crippen LogP contribution is 2.14. The number of aromatic nitrogens is 1. The van der Waals surface area contributed by atoms with Gasteiger partial charge in [-0.15, -0.1) is 0 Å². The van der Waals surface area contributed by atoms with Gasteiger partial charge in [-0.1, -0.05) is 18.2 Å². The van der Waals surface area contributed by atoms with Crippen molar-refractivity contribution in [3.05, 3.63) is 59.9 Å². The van der Waals surface area contributed by atoms with E-state index in [-0.39, 0.29) is 12.1 Å². The van der Waals surface area contributed by atoms with Crippen LogP contribution in [0.1, 0.15) is 11.3 Å². The van der Waals surface area contributed by atoms with Crippen molar-refractivity contribution in [2.45, 2.75) is 13.0 Å². The van der Waals surface area contributed by atoms with Gasteiger partial charge in [-0.05, 0) is 29.8 Å². The highest BCUT2D eigenvalue weighted by atomic mass is 16.6. The smallest absolute Gasteiger partial charge is 0.410 e. The Hall–Kier alpha value is -3.09. The maximum absolute atomic E-state index is 12.3. The van der Waals surface area contributed by atoms with E-state index in [2.05, 4.69) is 10.3 Å². The number of amides is 3. The number of hydrogen-bond donors (Lipinski definition) is 1. The molecule has 2 heterocycles. The van der Waals surface area contributed by atoms with Crippen LogP contribution in [0.25, 0.3) is 0 Å². The molecule has 136 valence electrons. The number of pyridine rings is 1. The number of ether oxygens (including phenoxy) is 1. The van der Waals surface area contributed by atoms with Crippen LogP contribution in [-0.4, -0.2) is 53.7 Å². The zero-order valence-corrected chi connectivity index (χ0v) is 14.7. The number of likely N-dealkylation sites (N-methyl/N-ethyl adjacent to an activating group) is 1. The number of carbonyl (C=O) groups is 2. The Morgan fingerprint density at radius 3 is 2.73 bits per heavy atom. The van der Waals surface area contributed by atoms with Crippen LogP contribution in [0.3, 0.4) is 0 Å². The number of carbonyl (C=O) groups excluding carboxylic acids is 2. The number of anilines is 1. The largest absolute Gasteiger partial charge is 0.448 e. The summed E-state index contributed by atoms with van der Waals surface area (Å²) in [7, 11) is 1.76. The molecule has 7 heteroatoms. The topological polar surface area (TPSA) is 74.8 Å². The van der Waals surface area contributed by atoms with Crippen molar-refractivity contribution in [3.63, 3.8) is 0 Å². The first kappa shape index (κ1) is 17.7. The molecule has 0 radical (unpaired) electrons. The summed E-state index contributed by atoms with van der Waals surface area (Å²) in [6, 6.07) is 13.0. The SMILES string of the molecule is CN(CCc1ccccn1)C(=O)Nc1ccc(CN2CCOC2=O)cc1. The van der Waals surface area contributed by atoms with Crippen molar-refractivity contribution in [1.29, 1.82) is 0 Å². The molecule has 0 unspecified atom stereocenters. The maximum Gasteiger partial charge on any atom is 0.410 e. The van der Waals surface area contributed by atoms with Crippen molar-refractivity contribution in [2.24, 2.45) is 0 Å². The van der Waals surface area contributed by atoms with Gasteiger partial charge in [0.25, 0.3) is 0 Å². The Labute approximate surface area is 152 Å². The average molecular weight is 354 g/mol. The second-order valence-electron chi connectivity index (χ2n) is 6.16. The summed E-state index contributed by atoms with van der Waals surface area (Å²) in [6.45, 7) is 2.14. The van der Waals surface area contributed by atoms with E-state index in [9.17, 15) is 9.59 Å². The van der Waals surface area contributed by atoms with E-state index in [1.807, 2.05) is 42.5 Å². The molecule has 1 aliphatic heterocycles. The molecule has 0 aliphatic carbocycles. The van der Waals surface area contributed by atoms with Gasteiger partial charge in [0.15, 0.2) is 0 Å². The molecule has 0 saturated carbocycles. The fraction of sp³-hybridized carbons (Fsp3) is 0.316. The third kappa shape index (κ3) is 4.72. The molecule has 1 aromatic carbocycles. The van der Waals surface area contributed by atoms with E-state index in [1.54, 1.807) is 23.0 Å². The summed E-state index contributed by atoms with van der Waals surface area (Å²) >= 11 is 0. The number of cyclic esters (lactones) is 1. The van der Waals surface area contributed by atoms with E-state index < -0.39 is 0 Å². The summed E-state index contributed by atoms with van der Waals surface area (Å²) in [5, 5.41) is 2.87. The van der Waals surface area contributed by atoms with Gasteiger partial charge in [0.2, 0.25) is 0 Å². The zero-order chi connectivity index (χ0) is 18.4. The van der Waals surface area contributed by atoms with Crippen molar-refractivity contribution < 1.29 is 14.3 Å². The van der Waals surface area contributed by atoms with E-state index in [4.69, 9.17) is 4.74 Å². The van der Waals surface area contributed by atoms with Gasteiger partial charge in [0, 0.05) is 44.1 Å². The number of hydrogen-bond acceptors (Lipinski definition) is 4. The normalized spacial score (nSPS) is 13.4. The van der Waals surface area contributed by atoms with Crippen LogP contribution in [0.15, 0.2) is 48.7 Å². The van der Waals surface area contributed by atoms with Crippen molar-refractivity contribution in [3.8, 4) is 0 Å². The Balaban J connectivity index is 1.48. The number of rotatable bonds is 6. The van der Waals surface area contributed by atoms with Crippen LogP contribution in [0.2, 0.25) is 0 Å². The highest BCUT2D eigenvalue weighted by Gasteiger charge is 2.21. The van der Waals surface area contributed by atoms with Crippen LogP contribution < -0.4 is 5.32 Å². The van der Waals surface area contributed by atoms with E-state index in [1.165, 1.54) is 0 Å². The molecule has 0 spiro atoms. The predicted octanol–water partition coefficient (Wildman–Crippen LogP) is 2.74. The van der Waals surface area contributed by atoms with Crippen molar-refractivity contribution in [1.82, 2.24) is 14.8 Å². The Bertz CT molecular complexity index is 749. The van der Waals surface area contributed by atoms with Gasteiger partial charge in [0.05, 0.1) is 6.54 Å². The minimum Gasteiger partial charge on any atom is -0.448 e. The summed E-state index contributed by atoms with van der Waals surface area (Å²) in [5.74, 6) is 0. The second kappa shape index (κ2) is 8.33. The van der Waals surface area contributed by atoms with Gasteiger partial charge < -0.3 is 19.9 Å². The molecule has 1 saturated heterocycles. The summed E-state index contributed by atoms with van der Waals surface area (Å²) in [6.07, 6.45) is 2.17.